The van der Waals surface area contributed by atoms with Crippen molar-refractivity contribution in [1.29, 1.82) is 0 Å². The quantitative estimate of drug-likeness (QED) is 0.894. The highest BCUT2D eigenvalue weighted by molar-refractivity contribution is 6.32. The van der Waals surface area contributed by atoms with Gasteiger partial charge in [-0.2, -0.15) is 0 Å². The van der Waals surface area contributed by atoms with Gasteiger partial charge in [-0.15, -0.1) is 0 Å². The fourth-order valence-electron chi connectivity index (χ4n) is 2.59. The van der Waals surface area contributed by atoms with E-state index in [1.54, 1.807) is 25.1 Å². The summed E-state index contributed by atoms with van der Waals surface area (Å²) in [4.78, 5) is 11.4. The van der Waals surface area contributed by atoms with Crippen LogP contribution >= 0.6 is 11.6 Å². The molecule has 5 heteroatoms. The van der Waals surface area contributed by atoms with Crippen LogP contribution in [-0.4, -0.2) is 11.0 Å². The Hall–Kier alpha value is -1.91. The van der Waals surface area contributed by atoms with E-state index >= 15 is 0 Å². The monoisotopic (exact) mass is 305 g/mol. The van der Waals surface area contributed by atoms with Gasteiger partial charge in [0, 0.05) is 16.3 Å². The van der Waals surface area contributed by atoms with Crippen molar-refractivity contribution < 1.29 is 14.3 Å². The molecule has 1 unspecified atom stereocenters. The van der Waals surface area contributed by atoms with E-state index in [-0.39, 0.29) is 18.1 Å². The molecule has 0 radical (unpaired) electrons. The minimum Gasteiger partial charge on any atom is -0.384 e. The maximum Gasteiger partial charge on any atom is 0.228 e. The van der Waals surface area contributed by atoms with Crippen LogP contribution in [0.4, 0.5) is 10.1 Å². The third kappa shape index (κ3) is 2.52. The van der Waals surface area contributed by atoms with Gasteiger partial charge in [-0.1, -0.05) is 17.7 Å². The number of aliphatic hydroxyl groups is 1. The zero-order valence-corrected chi connectivity index (χ0v) is 12.0. The average molecular weight is 306 g/mol. The lowest BCUT2D eigenvalue weighted by Gasteiger charge is -2.17. The summed E-state index contributed by atoms with van der Waals surface area (Å²) >= 11 is 6.20. The second-order valence-electron chi connectivity index (χ2n) is 5.16. The number of halogens is 2. The van der Waals surface area contributed by atoms with Crippen molar-refractivity contribution in [3.05, 3.63) is 63.4 Å². The number of carbonyl (C=O) groups excluding carboxylic acids is 1. The van der Waals surface area contributed by atoms with Gasteiger partial charge in [0.05, 0.1) is 6.42 Å². The number of hydrogen-bond donors (Lipinski definition) is 2. The van der Waals surface area contributed by atoms with Gasteiger partial charge in [-0.05, 0) is 47.9 Å². The third-order valence-electron chi connectivity index (χ3n) is 3.67. The molecule has 0 aliphatic carbocycles. The molecular formula is C16H13ClFNO2. The van der Waals surface area contributed by atoms with Gasteiger partial charge < -0.3 is 10.4 Å². The van der Waals surface area contributed by atoms with Crippen LogP contribution in [0.3, 0.4) is 0 Å². The Morgan fingerprint density at radius 1 is 1.29 bits per heavy atom. The SMILES string of the molecule is Cc1cc(F)ccc1C(O)c1cc2c(cc1Cl)NC(=O)C2. The Morgan fingerprint density at radius 3 is 2.76 bits per heavy atom. The number of aryl methyl sites for hydroxylation is 1. The number of nitrogens with one attached hydrogen (secondary N) is 1. The van der Waals surface area contributed by atoms with Crippen LogP contribution in [0, 0.1) is 12.7 Å². The summed E-state index contributed by atoms with van der Waals surface area (Å²) in [5.41, 5.74) is 3.24. The van der Waals surface area contributed by atoms with Gasteiger partial charge in [-0.25, -0.2) is 4.39 Å². The third-order valence-corrected chi connectivity index (χ3v) is 4.00. The minimum absolute atomic E-state index is 0.0920. The number of rotatable bonds is 2. The zero-order chi connectivity index (χ0) is 15.1. The fraction of sp³-hybridized carbons (Fsp3) is 0.188. The van der Waals surface area contributed by atoms with E-state index in [2.05, 4.69) is 5.32 Å². The van der Waals surface area contributed by atoms with Crippen LogP contribution in [0.15, 0.2) is 30.3 Å². The van der Waals surface area contributed by atoms with Crippen LogP contribution in [-0.2, 0) is 11.2 Å². The van der Waals surface area contributed by atoms with Gasteiger partial charge in [0.15, 0.2) is 0 Å². The molecule has 0 spiro atoms. The number of aliphatic hydroxyl groups excluding tert-OH is 1. The predicted molar refractivity (Wildman–Crippen MR) is 79.0 cm³/mol. The number of benzene rings is 2. The van der Waals surface area contributed by atoms with Gasteiger partial charge in [-0.3, -0.25) is 4.79 Å². The first-order valence-corrected chi connectivity index (χ1v) is 6.90. The van der Waals surface area contributed by atoms with E-state index in [1.165, 1.54) is 12.1 Å². The van der Waals surface area contributed by atoms with Crippen LogP contribution in [0.25, 0.3) is 0 Å². The molecule has 0 saturated carbocycles. The molecule has 3 nitrogen and oxygen atoms in total. The second-order valence-corrected chi connectivity index (χ2v) is 5.57. The molecule has 1 atom stereocenters. The van der Waals surface area contributed by atoms with E-state index in [0.29, 0.717) is 27.4 Å². The van der Waals surface area contributed by atoms with Crippen LogP contribution in [0.2, 0.25) is 5.02 Å². The van der Waals surface area contributed by atoms with Gasteiger partial charge in [0.2, 0.25) is 5.91 Å². The van der Waals surface area contributed by atoms with Crippen molar-refractivity contribution in [2.24, 2.45) is 0 Å². The zero-order valence-electron chi connectivity index (χ0n) is 11.3. The normalized spacial score (nSPS) is 14.8. The van der Waals surface area contributed by atoms with E-state index < -0.39 is 6.10 Å². The Bertz CT molecular complexity index is 745. The summed E-state index contributed by atoms with van der Waals surface area (Å²) in [5, 5.41) is 13.6. The van der Waals surface area contributed by atoms with Crippen LogP contribution < -0.4 is 5.32 Å². The highest BCUT2D eigenvalue weighted by Gasteiger charge is 2.23. The Balaban J connectivity index is 2.04. The van der Waals surface area contributed by atoms with Crippen LogP contribution in [0.5, 0.6) is 0 Å². The maximum absolute atomic E-state index is 13.2. The van der Waals surface area contributed by atoms with E-state index in [1.807, 2.05) is 0 Å². The van der Waals surface area contributed by atoms with Crippen molar-refractivity contribution in [1.82, 2.24) is 0 Å². The molecule has 3 rings (SSSR count). The second kappa shape index (κ2) is 5.13. The molecule has 1 aliphatic rings. The lowest BCUT2D eigenvalue weighted by Crippen LogP contribution is -2.04. The summed E-state index contributed by atoms with van der Waals surface area (Å²) in [6, 6.07) is 7.58. The van der Waals surface area contributed by atoms with E-state index in [4.69, 9.17) is 11.6 Å². The molecule has 2 aromatic carbocycles. The number of carbonyl (C=O) groups is 1. The Morgan fingerprint density at radius 2 is 2.05 bits per heavy atom. The topological polar surface area (TPSA) is 49.3 Å². The van der Waals surface area contributed by atoms with Crippen molar-refractivity contribution in [3.8, 4) is 0 Å². The first-order valence-electron chi connectivity index (χ1n) is 6.52. The number of amides is 1. The number of hydrogen-bond acceptors (Lipinski definition) is 2. The smallest absolute Gasteiger partial charge is 0.228 e. The molecule has 2 aromatic rings. The molecular weight excluding hydrogens is 293 g/mol. The maximum atomic E-state index is 13.2. The highest BCUT2D eigenvalue weighted by atomic mass is 35.5. The summed E-state index contributed by atoms with van der Waals surface area (Å²) in [5.74, 6) is -0.441. The van der Waals surface area contributed by atoms with Crippen LogP contribution in [0.1, 0.15) is 28.4 Å². The summed E-state index contributed by atoms with van der Waals surface area (Å²) in [6.07, 6.45) is -0.687. The summed E-state index contributed by atoms with van der Waals surface area (Å²) < 4.78 is 13.2. The van der Waals surface area contributed by atoms with Crippen molar-refractivity contribution >= 4 is 23.2 Å². The minimum atomic E-state index is -0.959. The largest absolute Gasteiger partial charge is 0.384 e. The number of anilines is 1. The van der Waals surface area contributed by atoms with Gasteiger partial charge in [0.1, 0.15) is 11.9 Å². The Labute approximate surface area is 126 Å². The standard InChI is InChI=1S/C16H13ClFNO2/c1-8-4-10(18)2-3-11(8)16(21)12-5-9-6-15(20)19-14(9)7-13(12)17/h2-5,7,16,21H,6H2,1H3,(H,19,20). The summed E-state index contributed by atoms with van der Waals surface area (Å²) in [7, 11) is 0. The molecule has 1 amide bonds. The van der Waals surface area contributed by atoms with Crippen molar-refractivity contribution in [2.75, 3.05) is 5.32 Å². The summed E-state index contributed by atoms with van der Waals surface area (Å²) in [6.45, 7) is 1.73. The molecule has 1 heterocycles. The first kappa shape index (κ1) is 14.0. The van der Waals surface area contributed by atoms with E-state index in [0.717, 1.165) is 5.56 Å². The average Bonchev–Trinajstić information content (AvgIpc) is 2.76. The molecule has 0 fully saturated rings. The van der Waals surface area contributed by atoms with Gasteiger partial charge >= 0.3 is 0 Å². The highest BCUT2D eigenvalue weighted by Crippen LogP contribution is 2.36. The molecule has 1 aliphatic heterocycles. The lowest BCUT2D eigenvalue weighted by atomic mass is 9.95. The lowest BCUT2D eigenvalue weighted by molar-refractivity contribution is -0.115. The molecule has 2 N–H and O–H groups in total. The molecule has 0 bridgehead atoms. The van der Waals surface area contributed by atoms with Gasteiger partial charge in [0.25, 0.3) is 0 Å². The molecule has 21 heavy (non-hydrogen) atoms. The molecule has 108 valence electrons. The van der Waals surface area contributed by atoms with Crippen molar-refractivity contribution in [2.45, 2.75) is 19.4 Å². The molecule has 0 aromatic heterocycles. The van der Waals surface area contributed by atoms with Crippen molar-refractivity contribution in [3.63, 3.8) is 0 Å². The number of fused-ring (bicyclic) bond motifs is 1. The van der Waals surface area contributed by atoms with E-state index in [9.17, 15) is 14.3 Å². The predicted octanol–water partition coefficient (Wildman–Crippen LogP) is 3.36. The first-order chi connectivity index (χ1) is 9.95. The molecule has 0 saturated heterocycles. The fourth-order valence-corrected chi connectivity index (χ4v) is 2.86. The Kier molecular flexibility index (Phi) is 3.43.